The molecule has 5 N–H and O–H groups in total. The quantitative estimate of drug-likeness (QED) is 0.237. The van der Waals surface area contributed by atoms with Crippen molar-refractivity contribution in [2.24, 2.45) is 22.9 Å². The minimum absolute atomic E-state index is 0.0524. The lowest BCUT2D eigenvalue weighted by Gasteiger charge is -2.27. The average molecular weight is 443 g/mol. The van der Waals surface area contributed by atoms with Crippen LogP contribution in [0, 0.1) is 11.3 Å². The van der Waals surface area contributed by atoms with Crippen molar-refractivity contribution < 1.29 is 18.0 Å². The van der Waals surface area contributed by atoms with Crippen LogP contribution in [-0.4, -0.2) is 23.6 Å². The molecule has 5 nitrogen and oxygen atoms in total. The summed E-state index contributed by atoms with van der Waals surface area (Å²) in [5.74, 6) is 4.75. The summed E-state index contributed by atoms with van der Waals surface area (Å²) < 4.78 is 38.9. The molecule has 0 spiro atoms. The lowest BCUT2D eigenvalue weighted by molar-refractivity contribution is -0.122. The number of rotatable bonds is 11. The molecule has 8 heteroatoms. The van der Waals surface area contributed by atoms with Crippen LogP contribution in [0.2, 0.25) is 0 Å². The fourth-order valence-corrected chi connectivity index (χ4v) is 2.38. The Hall–Kier alpha value is -2.48. The Labute approximate surface area is 184 Å². The second-order valence-electron chi connectivity index (χ2n) is 8.24. The van der Waals surface area contributed by atoms with Crippen LogP contribution >= 0.6 is 0 Å². The Morgan fingerprint density at radius 1 is 1.23 bits per heavy atom. The van der Waals surface area contributed by atoms with Crippen molar-refractivity contribution in [1.29, 1.82) is 0 Å². The van der Waals surface area contributed by atoms with E-state index in [2.05, 4.69) is 26.1 Å². The molecule has 1 atom stereocenters. The number of carbonyl (C=O) groups is 1. The van der Waals surface area contributed by atoms with Gasteiger partial charge in [-0.05, 0) is 43.4 Å². The summed E-state index contributed by atoms with van der Waals surface area (Å²) in [7, 11) is 0. The van der Waals surface area contributed by atoms with E-state index in [0.29, 0.717) is 17.9 Å². The van der Waals surface area contributed by atoms with Gasteiger partial charge in [-0.3, -0.25) is 4.79 Å². The van der Waals surface area contributed by atoms with E-state index in [4.69, 9.17) is 11.6 Å². The van der Waals surface area contributed by atoms with Gasteiger partial charge in [0.2, 0.25) is 5.91 Å². The first-order valence-corrected chi connectivity index (χ1v) is 10.3. The van der Waals surface area contributed by atoms with Gasteiger partial charge in [0.15, 0.2) is 0 Å². The van der Waals surface area contributed by atoms with Crippen LogP contribution in [0.4, 0.5) is 13.2 Å². The number of alkyl halides is 3. The van der Waals surface area contributed by atoms with Crippen molar-refractivity contribution >= 4 is 5.91 Å². The molecule has 0 saturated carbocycles. The molecule has 0 aromatic carbocycles. The zero-order chi connectivity index (χ0) is 24.2. The Morgan fingerprint density at radius 2 is 1.84 bits per heavy atom. The predicted molar refractivity (Wildman–Crippen MR) is 121 cm³/mol. The predicted octanol–water partition coefficient (Wildman–Crippen LogP) is 5.07. The molecule has 31 heavy (non-hydrogen) atoms. The average Bonchev–Trinajstić information content (AvgIpc) is 2.62. The molecule has 0 aromatic rings. The molecule has 0 fully saturated rings. The van der Waals surface area contributed by atoms with Crippen LogP contribution in [0.5, 0.6) is 0 Å². The molecule has 1 unspecified atom stereocenters. The Kier molecular flexibility index (Phi) is 12.0. The van der Waals surface area contributed by atoms with Crippen LogP contribution < -0.4 is 16.9 Å². The monoisotopic (exact) mass is 442 g/mol. The van der Waals surface area contributed by atoms with Crippen LogP contribution in [0.15, 0.2) is 59.6 Å². The van der Waals surface area contributed by atoms with Crippen molar-refractivity contribution in [3.05, 3.63) is 59.6 Å². The summed E-state index contributed by atoms with van der Waals surface area (Å²) in [6, 6.07) is 0. The molecule has 0 aliphatic rings. The maximum Gasteiger partial charge on any atom is 0.416 e. The Bertz CT molecular complexity index is 728. The van der Waals surface area contributed by atoms with Crippen molar-refractivity contribution in [2.75, 3.05) is 6.54 Å². The van der Waals surface area contributed by atoms with Gasteiger partial charge in [-0.25, -0.2) is 5.84 Å². The van der Waals surface area contributed by atoms with Crippen molar-refractivity contribution in [3.8, 4) is 0 Å². The summed E-state index contributed by atoms with van der Waals surface area (Å²) in [4.78, 5) is 12.4. The van der Waals surface area contributed by atoms with E-state index in [-0.39, 0.29) is 11.8 Å². The van der Waals surface area contributed by atoms with E-state index in [0.717, 1.165) is 18.6 Å². The minimum Gasteiger partial charge on any atom is -0.402 e. The molecule has 0 radical (unpaired) electrons. The second kappa shape index (κ2) is 13.0. The van der Waals surface area contributed by atoms with Crippen LogP contribution in [0.3, 0.4) is 0 Å². The first kappa shape index (κ1) is 28.5. The summed E-state index contributed by atoms with van der Waals surface area (Å²) in [5, 5.41) is 4.24. The third kappa shape index (κ3) is 12.7. The topological polar surface area (TPSA) is 84.4 Å². The number of hydrogen-bond acceptors (Lipinski definition) is 4. The van der Waals surface area contributed by atoms with Gasteiger partial charge in [-0.1, -0.05) is 52.8 Å². The summed E-state index contributed by atoms with van der Waals surface area (Å²) in [6.45, 7) is 11.8. The first-order chi connectivity index (χ1) is 14.2. The van der Waals surface area contributed by atoms with Crippen LogP contribution in [0.25, 0.3) is 0 Å². The van der Waals surface area contributed by atoms with Gasteiger partial charge >= 0.3 is 6.18 Å². The zero-order valence-corrected chi connectivity index (χ0v) is 19.4. The van der Waals surface area contributed by atoms with E-state index in [1.807, 2.05) is 0 Å². The maximum atomic E-state index is 13.0. The highest BCUT2D eigenvalue weighted by molar-refractivity contribution is 5.82. The molecule has 0 heterocycles. The van der Waals surface area contributed by atoms with Crippen LogP contribution in [0.1, 0.15) is 54.4 Å². The highest BCUT2D eigenvalue weighted by Gasteiger charge is 2.31. The zero-order valence-electron chi connectivity index (χ0n) is 19.4. The summed E-state index contributed by atoms with van der Waals surface area (Å²) in [6.07, 6.45) is 6.53. The number of hydrogen-bond donors (Lipinski definition) is 3. The number of nitrogens with zero attached hydrogens (tertiary/aromatic N) is 1. The second-order valence-corrected chi connectivity index (χ2v) is 8.24. The molecule has 176 valence electrons. The molecule has 0 aliphatic heterocycles. The first-order valence-electron chi connectivity index (χ1n) is 10.3. The lowest BCUT2D eigenvalue weighted by atomic mass is 9.90. The fraction of sp³-hybridized carbons (Fsp3) is 0.522. The normalized spacial score (nSPS) is 15.6. The number of carbonyl (C=O) groups excluding carboxylic acids is 1. The lowest BCUT2D eigenvalue weighted by Crippen LogP contribution is -2.35. The van der Waals surface area contributed by atoms with Gasteiger partial charge in [0.25, 0.3) is 0 Å². The molecule has 0 bridgehead atoms. The highest BCUT2D eigenvalue weighted by Crippen LogP contribution is 2.27. The molecule has 1 amide bonds. The van der Waals surface area contributed by atoms with Gasteiger partial charge in [0, 0.05) is 24.1 Å². The van der Waals surface area contributed by atoms with E-state index < -0.39 is 23.6 Å². The number of amides is 1. The molecule has 0 aromatic heterocycles. The van der Waals surface area contributed by atoms with Crippen LogP contribution in [-0.2, 0) is 4.79 Å². The van der Waals surface area contributed by atoms with Gasteiger partial charge in [-0.15, -0.1) is 0 Å². The molecular formula is C23H37F3N4O. The Balaban J connectivity index is 5.32. The molecular weight excluding hydrogens is 405 g/mol. The van der Waals surface area contributed by atoms with E-state index in [1.54, 1.807) is 43.3 Å². The summed E-state index contributed by atoms with van der Waals surface area (Å²) >= 11 is 0. The van der Waals surface area contributed by atoms with E-state index >= 15 is 0 Å². The van der Waals surface area contributed by atoms with E-state index in [1.165, 1.54) is 13.0 Å². The van der Waals surface area contributed by atoms with Crippen molar-refractivity contribution in [1.82, 2.24) is 10.3 Å². The molecule has 0 aliphatic carbocycles. The van der Waals surface area contributed by atoms with Gasteiger partial charge < -0.3 is 16.1 Å². The SMILES string of the molecule is CC/C=C(\C=C/C(C)C(=O)NC(/C=C(\C)N)=C/C=C/N(N)CC(C)(C)CC)C(F)(F)F. The fourth-order valence-electron chi connectivity index (χ4n) is 2.38. The number of halogens is 3. The Morgan fingerprint density at radius 3 is 2.32 bits per heavy atom. The molecule has 0 saturated heterocycles. The number of allylic oxidation sites excluding steroid dienone is 7. The van der Waals surface area contributed by atoms with Gasteiger partial charge in [-0.2, -0.15) is 13.2 Å². The number of hydrazine groups is 1. The van der Waals surface area contributed by atoms with E-state index in [9.17, 15) is 18.0 Å². The van der Waals surface area contributed by atoms with Gasteiger partial charge in [0.1, 0.15) is 0 Å². The largest absolute Gasteiger partial charge is 0.416 e. The summed E-state index contributed by atoms with van der Waals surface area (Å²) in [5.41, 5.74) is 5.87. The van der Waals surface area contributed by atoms with Crippen molar-refractivity contribution in [2.45, 2.75) is 60.6 Å². The van der Waals surface area contributed by atoms with Crippen molar-refractivity contribution in [3.63, 3.8) is 0 Å². The minimum atomic E-state index is -4.46. The third-order valence-corrected chi connectivity index (χ3v) is 4.50. The van der Waals surface area contributed by atoms with Gasteiger partial charge in [0.05, 0.1) is 11.5 Å². The highest BCUT2D eigenvalue weighted by atomic mass is 19.4. The molecule has 0 rings (SSSR count). The number of nitrogens with two attached hydrogens (primary N) is 2. The standard InChI is InChI=1S/C23H37F3N4O/c1-7-10-19(23(24,25)26)13-12-17(3)21(31)29-20(15-18(4)27)11-9-14-30(28)16-22(5,6)8-2/h9-15,17H,7-8,16,27-28H2,1-6H3,(H,29,31)/b13-12-,14-9+,18-15+,19-10+,20-11+. The number of nitrogens with one attached hydrogen (secondary N) is 1. The third-order valence-electron chi connectivity index (χ3n) is 4.50. The smallest absolute Gasteiger partial charge is 0.402 e. The maximum absolute atomic E-state index is 13.0.